The SMILES string of the molecule is COCCOC1(C(F)(F)F)CCC(C23CCC(CC(C(N)=O)C2)N3)CC1. The first-order chi connectivity index (χ1) is 12.2. The van der Waals surface area contributed by atoms with Crippen LogP contribution in [0.4, 0.5) is 13.2 Å². The van der Waals surface area contributed by atoms with Crippen molar-refractivity contribution < 1.29 is 27.4 Å². The monoisotopic (exact) mass is 378 g/mol. The van der Waals surface area contributed by atoms with Crippen LogP contribution in [0.2, 0.25) is 0 Å². The maximum Gasteiger partial charge on any atom is 0.417 e. The number of ether oxygens (including phenoxy) is 2. The topological polar surface area (TPSA) is 73.6 Å². The lowest BCUT2D eigenvalue weighted by Crippen LogP contribution is -2.59. The number of carbonyl (C=O) groups excluding carboxylic acids is 1. The maximum atomic E-state index is 13.7. The molecule has 3 aliphatic rings. The summed E-state index contributed by atoms with van der Waals surface area (Å²) in [7, 11) is 1.44. The predicted octanol–water partition coefficient (Wildman–Crippen LogP) is 2.53. The van der Waals surface area contributed by atoms with Gasteiger partial charge in [-0.25, -0.2) is 0 Å². The van der Waals surface area contributed by atoms with Crippen molar-refractivity contribution in [3.05, 3.63) is 0 Å². The standard InChI is InChI=1S/C18H29F3N2O3/c1-25-8-9-26-17(18(19,20)21)6-2-13(3-7-17)16-5-4-14(23-16)10-12(11-16)15(22)24/h12-14,23H,2-11H2,1H3,(H2,22,24). The summed E-state index contributed by atoms with van der Waals surface area (Å²) >= 11 is 0. The summed E-state index contributed by atoms with van der Waals surface area (Å²) in [5, 5.41) is 3.63. The van der Waals surface area contributed by atoms with Crippen molar-refractivity contribution in [3.63, 3.8) is 0 Å². The van der Waals surface area contributed by atoms with Crippen LogP contribution in [-0.2, 0) is 14.3 Å². The van der Waals surface area contributed by atoms with E-state index in [0.29, 0.717) is 19.3 Å². The minimum absolute atomic E-state index is 0.0415. The molecule has 3 unspecified atom stereocenters. The normalized spacial score (nSPS) is 40.5. The minimum atomic E-state index is -4.39. The molecule has 3 fully saturated rings. The zero-order valence-electron chi connectivity index (χ0n) is 15.2. The Balaban J connectivity index is 1.69. The van der Waals surface area contributed by atoms with Gasteiger partial charge in [-0.3, -0.25) is 4.79 Å². The van der Waals surface area contributed by atoms with Crippen LogP contribution in [-0.4, -0.2) is 49.6 Å². The highest BCUT2D eigenvalue weighted by Crippen LogP contribution is 2.52. The van der Waals surface area contributed by atoms with Gasteiger partial charge in [0.25, 0.3) is 0 Å². The number of halogens is 3. The molecule has 0 aromatic carbocycles. The van der Waals surface area contributed by atoms with Crippen molar-refractivity contribution in [2.24, 2.45) is 17.6 Å². The Morgan fingerprint density at radius 3 is 2.46 bits per heavy atom. The van der Waals surface area contributed by atoms with E-state index in [1.807, 2.05) is 0 Å². The van der Waals surface area contributed by atoms with E-state index in [1.165, 1.54) is 7.11 Å². The first-order valence-electron chi connectivity index (χ1n) is 9.48. The molecule has 5 nitrogen and oxygen atoms in total. The first-order valence-corrected chi connectivity index (χ1v) is 9.48. The third kappa shape index (κ3) is 3.60. The molecule has 2 aliphatic heterocycles. The van der Waals surface area contributed by atoms with E-state index >= 15 is 0 Å². The number of fused-ring (bicyclic) bond motifs is 2. The van der Waals surface area contributed by atoms with Crippen LogP contribution in [0.5, 0.6) is 0 Å². The average Bonchev–Trinajstić information content (AvgIpc) is 2.90. The van der Waals surface area contributed by atoms with Gasteiger partial charge in [-0.15, -0.1) is 0 Å². The highest BCUT2D eigenvalue weighted by atomic mass is 19.4. The lowest BCUT2D eigenvalue weighted by atomic mass is 9.66. The third-order valence-corrected chi connectivity index (χ3v) is 6.77. The molecule has 0 spiro atoms. The fraction of sp³-hybridized carbons (Fsp3) is 0.944. The molecule has 26 heavy (non-hydrogen) atoms. The lowest BCUT2D eigenvalue weighted by Gasteiger charge is -2.49. The van der Waals surface area contributed by atoms with Crippen LogP contribution in [0.3, 0.4) is 0 Å². The van der Waals surface area contributed by atoms with Crippen LogP contribution in [0.25, 0.3) is 0 Å². The summed E-state index contributed by atoms with van der Waals surface area (Å²) in [5.74, 6) is -0.335. The number of methoxy groups -OCH3 is 1. The molecule has 2 bridgehead atoms. The Morgan fingerprint density at radius 2 is 1.88 bits per heavy atom. The van der Waals surface area contributed by atoms with Gasteiger partial charge >= 0.3 is 6.18 Å². The molecule has 0 aromatic heterocycles. The second-order valence-corrected chi connectivity index (χ2v) is 8.18. The molecule has 3 rings (SSSR count). The summed E-state index contributed by atoms with van der Waals surface area (Å²) < 4.78 is 51.2. The second kappa shape index (κ2) is 7.28. The Kier molecular flexibility index (Phi) is 5.57. The first kappa shape index (κ1) is 19.9. The van der Waals surface area contributed by atoms with Crippen molar-refractivity contribution in [2.75, 3.05) is 20.3 Å². The molecule has 150 valence electrons. The smallest absolute Gasteiger partial charge is 0.382 e. The van der Waals surface area contributed by atoms with Gasteiger partial charge in [-0.05, 0) is 57.3 Å². The fourth-order valence-corrected chi connectivity index (χ4v) is 5.36. The Bertz CT molecular complexity index is 520. The van der Waals surface area contributed by atoms with E-state index in [0.717, 1.165) is 19.3 Å². The van der Waals surface area contributed by atoms with Crippen LogP contribution in [0, 0.1) is 11.8 Å². The highest BCUT2D eigenvalue weighted by molar-refractivity contribution is 5.77. The van der Waals surface area contributed by atoms with E-state index < -0.39 is 11.8 Å². The summed E-state index contributed by atoms with van der Waals surface area (Å²) in [6.07, 6.45) is -0.318. The van der Waals surface area contributed by atoms with Gasteiger partial charge in [0.2, 0.25) is 5.91 Å². The molecular formula is C18H29F3N2O3. The van der Waals surface area contributed by atoms with E-state index in [2.05, 4.69) is 5.32 Å². The molecule has 3 N–H and O–H groups in total. The van der Waals surface area contributed by atoms with Gasteiger partial charge in [0.1, 0.15) is 0 Å². The van der Waals surface area contributed by atoms with Crippen LogP contribution in [0.15, 0.2) is 0 Å². The number of primary amides is 1. The number of hydrogen-bond donors (Lipinski definition) is 2. The summed E-state index contributed by atoms with van der Waals surface area (Å²) in [6.45, 7) is 0.0879. The van der Waals surface area contributed by atoms with Gasteiger partial charge in [0, 0.05) is 24.6 Å². The Hall–Kier alpha value is -0.860. The molecule has 1 saturated carbocycles. The quantitative estimate of drug-likeness (QED) is 0.697. The number of nitrogens with one attached hydrogen (secondary N) is 1. The lowest BCUT2D eigenvalue weighted by molar-refractivity contribution is -0.293. The van der Waals surface area contributed by atoms with Crippen LogP contribution in [0.1, 0.15) is 51.4 Å². The molecule has 1 amide bonds. The van der Waals surface area contributed by atoms with E-state index in [9.17, 15) is 18.0 Å². The summed E-state index contributed by atoms with van der Waals surface area (Å²) in [6, 6.07) is 0.258. The number of hydrogen-bond acceptors (Lipinski definition) is 4. The summed E-state index contributed by atoms with van der Waals surface area (Å²) in [5.41, 5.74) is 3.21. The van der Waals surface area contributed by atoms with E-state index in [4.69, 9.17) is 15.2 Å². The molecule has 2 heterocycles. The van der Waals surface area contributed by atoms with Gasteiger partial charge in [-0.2, -0.15) is 13.2 Å². The zero-order valence-corrected chi connectivity index (χ0v) is 15.2. The molecule has 8 heteroatoms. The predicted molar refractivity (Wildman–Crippen MR) is 89.4 cm³/mol. The maximum absolute atomic E-state index is 13.7. The Labute approximate surface area is 152 Å². The van der Waals surface area contributed by atoms with Crippen molar-refractivity contribution >= 4 is 5.91 Å². The number of nitrogens with two attached hydrogens (primary N) is 1. The van der Waals surface area contributed by atoms with E-state index in [1.54, 1.807) is 0 Å². The number of carbonyl (C=O) groups is 1. The number of amides is 1. The van der Waals surface area contributed by atoms with Gasteiger partial charge in [-0.1, -0.05) is 0 Å². The minimum Gasteiger partial charge on any atom is -0.382 e. The highest BCUT2D eigenvalue weighted by Gasteiger charge is 2.60. The van der Waals surface area contributed by atoms with Gasteiger partial charge < -0.3 is 20.5 Å². The number of alkyl halides is 3. The Morgan fingerprint density at radius 1 is 1.19 bits per heavy atom. The molecule has 3 atom stereocenters. The van der Waals surface area contributed by atoms with Gasteiger partial charge in [0.05, 0.1) is 13.2 Å². The van der Waals surface area contributed by atoms with Crippen LogP contribution < -0.4 is 11.1 Å². The summed E-state index contributed by atoms with van der Waals surface area (Å²) in [4.78, 5) is 11.7. The zero-order chi connectivity index (χ0) is 19.0. The average molecular weight is 378 g/mol. The van der Waals surface area contributed by atoms with Crippen molar-refractivity contribution in [2.45, 2.75) is 74.7 Å². The largest absolute Gasteiger partial charge is 0.417 e. The van der Waals surface area contributed by atoms with Gasteiger partial charge in [0.15, 0.2) is 5.60 Å². The second-order valence-electron chi connectivity index (χ2n) is 8.18. The number of piperidine rings is 1. The molecule has 0 aromatic rings. The fourth-order valence-electron chi connectivity index (χ4n) is 5.36. The van der Waals surface area contributed by atoms with Crippen molar-refractivity contribution in [3.8, 4) is 0 Å². The van der Waals surface area contributed by atoms with E-state index in [-0.39, 0.29) is 55.4 Å². The molecule has 2 saturated heterocycles. The molecule has 1 aliphatic carbocycles. The molecule has 0 radical (unpaired) electrons. The van der Waals surface area contributed by atoms with Crippen molar-refractivity contribution in [1.82, 2.24) is 5.32 Å². The number of rotatable bonds is 6. The molecular weight excluding hydrogens is 349 g/mol. The third-order valence-electron chi connectivity index (χ3n) is 6.77. The van der Waals surface area contributed by atoms with Crippen molar-refractivity contribution in [1.29, 1.82) is 0 Å². The van der Waals surface area contributed by atoms with Crippen LogP contribution >= 0.6 is 0 Å².